The second kappa shape index (κ2) is 6.46. The third-order valence-electron chi connectivity index (χ3n) is 3.23. The molecule has 1 saturated carbocycles. The van der Waals surface area contributed by atoms with E-state index in [0.29, 0.717) is 18.9 Å². The molecule has 22 heavy (non-hydrogen) atoms. The molecule has 116 valence electrons. The quantitative estimate of drug-likeness (QED) is 0.147. The summed E-state index contributed by atoms with van der Waals surface area (Å²) in [6.07, 6.45) is 2.40. The van der Waals surface area contributed by atoms with Crippen LogP contribution in [0.5, 0.6) is 0 Å². The Labute approximate surface area is 125 Å². The second-order valence-corrected chi connectivity index (χ2v) is 4.87. The number of hydrogen-bond acceptors (Lipinski definition) is 5. The molecule has 1 aliphatic rings. The zero-order chi connectivity index (χ0) is 16.3. The molecular weight excluding hydrogens is 293 g/mol. The van der Waals surface area contributed by atoms with Crippen LogP contribution < -0.4 is 0 Å². The van der Waals surface area contributed by atoms with E-state index in [1.165, 1.54) is 0 Å². The number of ether oxygens (including phenoxy) is 1. The van der Waals surface area contributed by atoms with Gasteiger partial charge in [0.25, 0.3) is 5.69 Å². The number of benzene rings is 1. The van der Waals surface area contributed by atoms with Crippen LogP contribution in [0.2, 0.25) is 0 Å². The van der Waals surface area contributed by atoms with Crippen LogP contribution in [0.25, 0.3) is 0 Å². The lowest BCUT2D eigenvalue weighted by molar-refractivity contribution is -0.385. The summed E-state index contributed by atoms with van der Waals surface area (Å²) in [5.74, 6) is -2.28. The summed E-state index contributed by atoms with van der Waals surface area (Å²) in [5, 5.41) is 11.0. The molecule has 1 fully saturated rings. The maximum absolute atomic E-state index is 13.1. The van der Waals surface area contributed by atoms with Gasteiger partial charge in [0, 0.05) is 5.92 Å². The lowest BCUT2D eigenvalue weighted by Gasteiger charge is -2.06. The third-order valence-corrected chi connectivity index (χ3v) is 3.23. The fourth-order valence-corrected chi connectivity index (χ4v) is 1.95. The normalized spacial score (nSPS) is 14.5. The van der Waals surface area contributed by atoms with Crippen molar-refractivity contribution in [2.75, 3.05) is 6.61 Å². The van der Waals surface area contributed by atoms with E-state index in [-0.39, 0.29) is 23.7 Å². The Morgan fingerprint density at radius 1 is 1.45 bits per heavy atom. The van der Waals surface area contributed by atoms with Gasteiger partial charge in [-0.05, 0) is 31.9 Å². The molecule has 0 spiro atoms. The first-order valence-electron chi connectivity index (χ1n) is 6.80. The summed E-state index contributed by atoms with van der Waals surface area (Å²) in [5.41, 5.74) is -1.23. The van der Waals surface area contributed by atoms with Gasteiger partial charge in [0.2, 0.25) is 5.78 Å². The van der Waals surface area contributed by atoms with Crippen molar-refractivity contribution < 1.29 is 23.6 Å². The Balaban J connectivity index is 2.42. The van der Waals surface area contributed by atoms with Crippen LogP contribution in [-0.4, -0.2) is 23.1 Å². The molecule has 1 aromatic carbocycles. The van der Waals surface area contributed by atoms with Crippen LogP contribution >= 0.6 is 0 Å². The van der Waals surface area contributed by atoms with Crippen molar-refractivity contribution in [1.82, 2.24) is 0 Å². The topological polar surface area (TPSA) is 86.5 Å². The van der Waals surface area contributed by atoms with Crippen LogP contribution in [0.3, 0.4) is 0 Å². The summed E-state index contributed by atoms with van der Waals surface area (Å²) in [4.78, 5) is 34.8. The van der Waals surface area contributed by atoms with Crippen molar-refractivity contribution in [1.29, 1.82) is 0 Å². The molecule has 0 atom stereocenters. The maximum atomic E-state index is 13.1. The molecule has 0 radical (unpaired) electrons. The average molecular weight is 307 g/mol. The molecule has 0 unspecified atom stereocenters. The summed E-state index contributed by atoms with van der Waals surface area (Å²) >= 11 is 0. The van der Waals surface area contributed by atoms with Gasteiger partial charge in [-0.1, -0.05) is 0 Å². The number of halogens is 1. The summed E-state index contributed by atoms with van der Waals surface area (Å²) in [6.45, 7) is 1.93. The lowest BCUT2D eigenvalue weighted by Crippen LogP contribution is -2.17. The van der Waals surface area contributed by atoms with Crippen molar-refractivity contribution in [2.24, 2.45) is 5.92 Å². The van der Waals surface area contributed by atoms with E-state index in [0.717, 1.165) is 18.4 Å². The maximum Gasteiger partial charge on any atom is 0.283 e. The van der Waals surface area contributed by atoms with E-state index in [4.69, 9.17) is 4.74 Å². The monoisotopic (exact) mass is 307 g/mol. The van der Waals surface area contributed by atoms with Gasteiger partial charge in [0.05, 0.1) is 23.9 Å². The Kier molecular flexibility index (Phi) is 4.65. The number of ketones is 2. The van der Waals surface area contributed by atoms with E-state index in [1.807, 2.05) is 0 Å². The largest absolute Gasteiger partial charge is 0.501 e. The predicted molar refractivity (Wildman–Crippen MR) is 74.8 cm³/mol. The van der Waals surface area contributed by atoms with Gasteiger partial charge in [-0.3, -0.25) is 19.7 Å². The fraction of sp³-hybridized carbons (Fsp3) is 0.333. The zero-order valence-electron chi connectivity index (χ0n) is 11.9. The first-order chi connectivity index (χ1) is 10.5. The number of allylic oxidation sites excluding steroid dienone is 1. The van der Waals surface area contributed by atoms with Gasteiger partial charge in [-0.2, -0.15) is 0 Å². The standard InChI is InChI=1S/C15H14FNO5/c1-2-22-8-12(14(18)9-3-4-9)15(19)11-6-5-10(16)7-13(11)17(20)21/h5-9H,2-4H2,1H3/b12-8-. The minimum Gasteiger partial charge on any atom is -0.501 e. The SMILES string of the molecule is CCO/C=C(\C(=O)c1ccc(F)cc1[N+](=O)[O-])C(=O)C1CC1. The highest BCUT2D eigenvalue weighted by Crippen LogP contribution is 2.34. The van der Waals surface area contributed by atoms with Crippen molar-refractivity contribution in [3.05, 3.63) is 51.5 Å². The number of rotatable bonds is 7. The number of nitro groups is 1. The minimum absolute atomic E-state index is 0.237. The Bertz CT molecular complexity index is 664. The summed E-state index contributed by atoms with van der Waals surface area (Å²) in [7, 11) is 0. The molecule has 7 heteroatoms. The van der Waals surface area contributed by atoms with Crippen molar-refractivity contribution in [2.45, 2.75) is 19.8 Å². The molecule has 0 bridgehead atoms. The van der Waals surface area contributed by atoms with E-state index >= 15 is 0 Å². The molecule has 1 aliphatic carbocycles. The Hall–Kier alpha value is -2.57. The number of carbonyl (C=O) groups excluding carboxylic acids is 2. The molecule has 0 saturated heterocycles. The van der Waals surface area contributed by atoms with E-state index in [2.05, 4.69) is 0 Å². The number of carbonyl (C=O) groups is 2. The highest BCUT2D eigenvalue weighted by atomic mass is 19.1. The van der Waals surface area contributed by atoms with Crippen LogP contribution in [0, 0.1) is 21.8 Å². The third kappa shape index (κ3) is 3.36. The number of hydrogen-bond donors (Lipinski definition) is 0. The van der Waals surface area contributed by atoms with Gasteiger partial charge < -0.3 is 4.74 Å². The number of nitrogens with zero attached hydrogens (tertiary/aromatic N) is 1. The van der Waals surface area contributed by atoms with E-state index < -0.39 is 28.0 Å². The van der Waals surface area contributed by atoms with Gasteiger partial charge in [-0.25, -0.2) is 4.39 Å². The van der Waals surface area contributed by atoms with Gasteiger partial charge in [0.1, 0.15) is 17.0 Å². The van der Waals surface area contributed by atoms with Gasteiger partial charge in [-0.15, -0.1) is 0 Å². The summed E-state index contributed by atoms with van der Waals surface area (Å²) in [6, 6.07) is 2.61. The van der Waals surface area contributed by atoms with Crippen molar-refractivity contribution in [3.8, 4) is 0 Å². The zero-order valence-corrected chi connectivity index (χ0v) is 11.9. The van der Waals surface area contributed by atoms with E-state index in [1.54, 1.807) is 6.92 Å². The lowest BCUT2D eigenvalue weighted by atomic mass is 9.97. The number of Topliss-reactive ketones (excluding diaryl/α,β-unsaturated/α-hetero) is 2. The molecule has 0 heterocycles. The molecular formula is C15H14FNO5. The molecule has 2 rings (SSSR count). The first kappa shape index (κ1) is 15.8. The van der Waals surface area contributed by atoms with Gasteiger partial charge >= 0.3 is 0 Å². The van der Waals surface area contributed by atoms with Crippen LogP contribution in [0.1, 0.15) is 30.1 Å². The molecule has 0 N–H and O–H groups in total. The smallest absolute Gasteiger partial charge is 0.283 e. The predicted octanol–water partition coefficient (Wildman–Crippen LogP) is 2.82. The summed E-state index contributed by atoms with van der Waals surface area (Å²) < 4.78 is 18.2. The van der Waals surface area contributed by atoms with Crippen LogP contribution in [-0.2, 0) is 9.53 Å². The molecule has 0 amide bonds. The average Bonchev–Trinajstić information content (AvgIpc) is 3.31. The highest BCUT2D eigenvalue weighted by Gasteiger charge is 2.36. The molecule has 0 aliphatic heterocycles. The van der Waals surface area contributed by atoms with Gasteiger partial charge in [0.15, 0.2) is 5.78 Å². The Morgan fingerprint density at radius 3 is 2.68 bits per heavy atom. The van der Waals surface area contributed by atoms with E-state index in [9.17, 15) is 24.1 Å². The number of nitro benzene ring substituents is 1. The minimum atomic E-state index is -0.851. The second-order valence-electron chi connectivity index (χ2n) is 4.87. The fourth-order valence-electron chi connectivity index (χ4n) is 1.95. The highest BCUT2D eigenvalue weighted by molar-refractivity contribution is 6.28. The molecule has 6 nitrogen and oxygen atoms in total. The Morgan fingerprint density at radius 2 is 2.14 bits per heavy atom. The van der Waals surface area contributed by atoms with Crippen molar-refractivity contribution >= 4 is 17.3 Å². The molecule has 1 aromatic rings. The van der Waals surface area contributed by atoms with Crippen molar-refractivity contribution in [3.63, 3.8) is 0 Å². The van der Waals surface area contributed by atoms with Crippen LogP contribution in [0.4, 0.5) is 10.1 Å². The van der Waals surface area contributed by atoms with Crippen LogP contribution in [0.15, 0.2) is 30.0 Å². The first-order valence-corrected chi connectivity index (χ1v) is 6.80. The molecule has 0 aromatic heterocycles.